The maximum atomic E-state index is 9.94. The fourth-order valence-electron chi connectivity index (χ4n) is 2.24. The van der Waals surface area contributed by atoms with Crippen molar-refractivity contribution in [2.24, 2.45) is 11.7 Å². The Labute approximate surface area is 81.5 Å². The first-order chi connectivity index (χ1) is 6.25. The SMILES string of the molecule is CCC(N)C(O)C1CCCCCC1. The maximum absolute atomic E-state index is 9.94. The predicted molar refractivity (Wildman–Crippen MR) is 55.5 cm³/mol. The lowest BCUT2D eigenvalue weighted by Crippen LogP contribution is -2.39. The third kappa shape index (κ3) is 3.28. The van der Waals surface area contributed by atoms with Crippen LogP contribution in [0.4, 0.5) is 0 Å². The average molecular weight is 185 g/mol. The van der Waals surface area contributed by atoms with Crippen LogP contribution in [0.3, 0.4) is 0 Å². The molecule has 1 aliphatic carbocycles. The third-order valence-corrected chi connectivity index (χ3v) is 3.29. The van der Waals surface area contributed by atoms with Gasteiger partial charge < -0.3 is 10.8 Å². The van der Waals surface area contributed by atoms with E-state index >= 15 is 0 Å². The molecule has 0 amide bonds. The summed E-state index contributed by atoms with van der Waals surface area (Å²) in [5.41, 5.74) is 5.85. The van der Waals surface area contributed by atoms with Crippen LogP contribution < -0.4 is 5.73 Å². The Morgan fingerprint density at radius 3 is 2.23 bits per heavy atom. The number of nitrogens with two attached hydrogens (primary N) is 1. The second kappa shape index (κ2) is 5.61. The van der Waals surface area contributed by atoms with Gasteiger partial charge in [-0.3, -0.25) is 0 Å². The largest absolute Gasteiger partial charge is 0.391 e. The molecule has 0 heterocycles. The molecule has 0 aromatic heterocycles. The van der Waals surface area contributed by atoms with Gasteiger partial charge in [-0.25, -0.2) is 0 Å². The van der Waals surface area contributed by atoms with Crippen LogP contribution in [0.2, 0.25) is 0 Å². The molecule has 0 aromatic carbocycles. The number of aliphatic hydroxyl groups excluding tert-OH is 1. The van der Waals surface area contributed by atoms with Crippen molar-refractivity contribution >= 4 is 0 Å². The summed E-state index contributed by atoms with van der Waals surface area (Å²) in [5, 5.41) is 9.94. The molecule has 1 fully saturated rings. The molecule has 0 spiro atoms. The summed E-state index contributed by atoms with van der Waals surface area (Å²) in [6.45, 7) is 2.05. The van der Waals surface area contributed by atoms with E-state index < -0.39 is 0 Å². The smallest absolute Gasteiger partial charge is 0.0719 e. The van der Waals surface area contributed by atoms with Gasteiger partial charge in [0.25, 0.3) is 0 Å². The van der Waals surface area contributed by atoms with Gasteiger partial charge in [0.15, 0.2) is 0 Å². The van der Waals surface area contributed by atoms with Crippen molar-refractivity contribution in [2.45, 2.75) is 64.0 Å². The molecule has 1 rings (SSSR count). The van der Waals surface area contributed by atoms with Gasteiger partial charge in [-0.2, -0.15) is 0 Å². The molecule has 0 saturated heterocycles. The Kier molecular flexibility index (Phi) is 4.74. The highest BCUT2D eigenvalue weighted by atomic mass is 16.3. The molecule has 3 N–H and O–H groups in total. The predicted octanol–water partition coefficient (Wildman–Crippen LogP) is 2.05. The molecule has 0 aliphatic heterocycles. The van der Waals surface area contributed by atoms with Crippen molar-refractivity contribution in [1.29, 1.82) is 0 Å². The van der Waals surface area contributed by atoms with Crippen LogP contribution >= 0.6 is 0 Å². The van der Waals surface area contributed by atoms with E-state index in [0.717, 1.165) is 6.42 Å². The summed E-state index contributed by atoms with van der Waals surface area (Å²) in [5.74, 6) is 0.470. The molecule has 1 aliphatic rings. The summed E-state index contributed by atoms with van der Waals surface area (Å²) in [6.07, 6.45) is 8.20. The first-order valence-electron chi connectivity index (χ1n) is 5.69. The summed E-state index contributed by atoms with van der Waals surface area (Å²) in [6, 6.07) is -0.0110. The second-order valence-electron chi connectivity index (χ2n) is 4.31. The molecule has 2 heteroatoms. The van der Waals surface area contributed by atoms with E-state index in [0.29, 0.717) is 5.92 Å². The van der Waals surface area contributed by atoms with E-state index in [1.807, 2.05) is 6.92 Å². The van der Waals surface area contributed by atoms with E-state index in [1.165, 1.54) is 38.5 Å². The molecule has 0 bridgehead atoms. The number of aliphatic hydroxyl groups is 1. The van der Waals surface area contributed by atoms with Crippen molar-refractivity contribution < 1.29 is 5.11 Å². The number of hydrogen-bond acceptors (Lipinski definition) is 2. The van der Waals surface area contributed by atoms with Gasteiger partial charge in [-0.15, -0.1) is 0 Å². The minimum atomic E-state index is -0.261. The first-order valence-corrected chi connectivity index (χ1v) is 5.69. The molecule has 2 nitrogen and oxygen atoms in total. The lowest BCUT2D eigenvalue weighted by atomic mass is 9.89. The Morgan fingerprint density at radius 2 is 1.77 bits per heavy atom. The van der Waals surface area contributed by atoms with Crippen LogP contribution in [0.1, 0.15) is 51.9 Å². The highest BCUT2D eigenvalue weighted by Crippen LogP contribution is 2.26. The number of hydrogen-bond donors (Lipinski definition) is 2. The molecule has 0 radical (unpaired) electrons. The Bertz CT molecular complexity index is 130. The minimum Gasteiger partial charge on any atom is -0.391 e. The summed E-state index contributed by atoms with van der Waals surface area (Å²) >= 11 is 0. The zero-order valence-corrected chi connectivity index (χ0v) is 8.71. The van der Waals surface area contributed by atoms with Crippen molar-refractivity contribution in [3.63, 3.8) is 0 Å². The van der Waals surface area contributed by atoms with Crippen LogP contribution in [0.5, 0.6) is 0 Å². The van der Waals surface area contributed by atoms with Crippen molar-refractivity contribution in [3.8, 4) is 0 Å². The molecule has 78 valence electrons. The van der Waals surface area contributed by atoms with E-state index in [2.05, 4.69) is 0 Å². The summed E-state index contributed by atoms with van der Waals surface area (Å²) < 4.78 is 0. The van der Waals surface area contributed by atoms with Crippen LogP contribution in [-0.2, 0) is 0 Å². The highest BCUT2D eigenvalue weighted by molar-refractivity contribution is 4.79. The Balaban J connectivity index is 2.38. The van der Waals surface area contributed by atoms with Gasteiger partial charge in [0.2, 0.25) is 0 Å². The zero-order chi connectivity index (χ0) is 9.68. The molecular formula is C11H23NO. The van der Waals surface area contributed by atoms with E-state index in [-0.39, 0.29) is 12.1 Å². The standard InChI is InChI=1S/C11H23NO/c1-2-10(12)11(13)9-7-5-3-4-6-8-9/h9-11,13H,2-8,12H2,1H3. The fourth-order valence-corrected chi connectivity index (χ4v) is 2.24. The maximum Gasteiger partial charge on any atom is 0.0719 e. The normalized spacial score (nSPS) is 25.2. The van der Waals surface area contributed by atoms with Crippen LogP contribution in [0.15, 0.2) is 0 Å². The second-order valence-corrected chi connectivity index (χ2v) is 4.31. The topological polar surface area (TPSA) is 46.2 Å². The first kappa shape index (κ1) is 11.0. The van der Waals surface area contributed by atoms with E-state index in [1.54, 1.807) is 0 Å². The fraction of sp³-hybridized carbons (Fsp3) is 1.00. The van der Waals surface area contributed by atoms with Gasteiger partial charge >= 0.3 is 0 Å². The molecule has 13 heavy (non-hydrogen) atoms. The van der Waals surface area contributed by atoms with Gasteiger partial charge in [0.05, 0.1) is 6.10 Å². The third-order valence-electron chi connectivity index (χ3n) is 3.29. The Hall–Kier alpha value is -0.0800. The van der Waals surface area contributed by atoms with E-state index in [9.17, 15) is 5.11 Å². The molecule has 1 saturated carbocycles. The van der Waals surface area contributed by atoms with Crippen LogP contribution in [0, 0.1) is 5.92 Å². The lowest BCUT2D eigenvalue weighted by Gasteiger charge is -2.25. The van der Waals surface area contributed by atoms with Gasteiger partial charge in [0.1, 0.15) is 0 Å². The summed E-state index contributed by atoms with van der Waals surface area (Å²) in [7, 11) is 0. The molecular weight excluding hydrogens is 162 g/mol. The summed E-state index contributed by atoms with van der Waals surface area (Å²) in [4.78, 5) is 0. The van der Waals surface area contributed by atoms with Gasteiger partial charge in [-0.1, -0.05) is 32.6 Å². The monoisotopic (exact) mass is 185 g/mol. The minimum absolute atomic E-state index is 0.0110. The number of rotatable bonds is 3. The van der Waals surface area contributed by atoms with Crippen LogP contribution in [0.25, 0.3) is 0 Å². The van der Waals surface area contributed by atoms with Crippen molar-refractivity contribution in [3.05, 3.63) is 0 Å². The van der Waals surface area contributed by atoms with Gasteiger partial charge in [-0.05, 0) is 25.2 Å². The Morgan fingerprint density at radius 1 is 1.23 bits per heavy atom. The van der Waals surface area contributed by atoms with Gasteiger partial charge in [0, 0.05) is 6.04 Å². The molecule has 2 unspecified atom stereocenters. The zero-order valence-electron chi connectivity index (χ0n) is 8.71. The highest BCUT2D eigenvalue weighted by Gasteiger charge is 2.24. The quantitative estimate of drug-likeness (QED) is 0.661. The lowest BCUT2D eigenvalue weighted by molar-refractivity contribution is 0.0725. The van der Waals surface area contributed by atoms with E-state index in [4.69, 9.17) is 5.73 Å². The van der Waals surface area contributed by atoms with Crippen LogP contribution in [-0.4, -0.2) is 17.3 Å². The molecule has 2 atom stereocenters. The van der Waals surface area contributed by atoms with Crippen molar-refractivity contribution in [2.75, 3.05) is 0 Å². The molecule has 0 aromatic rings. The van der Waals surface area contributed by atoms with Crippen molar-refractivity contribution in [1.82, 2.24) is 0 Å². The average Bonchev–Trinajstić information content (AvgIpc) is 2.43.